The number of hydrogen-bond acceptors (Lipinski definition) is 0. The topological polar surface area (TPSA) is 0 Å². The van der Waals surface area contributed by atoms with Gasteiger partial charge < -0.3 is 0 Å². The van der Waals surface area contributed by atoms with Crippen LogP contribution in [-0.2, 0) is 19.3 Å². The quantitative estimate of drug-likeness (QED) is 0.0394. The summed E-state index contributed by atoms with van der Waals surface area (Å²) in [5.74, 6) is -242. The lowest BCUT2D eigenvalue weighted by molar-refractivity contribution is -0.474. The normalized spacial score (nSPS) is 16.3. The zero-order valence-corrected chi connectivity index (χ0v) is 56.4. The van der Waals surface area contributed by atoms with Crippen molar-refractivity contribution >= 4 is 23.8 Å². The van der Waals surface area contributed by atoms with Crippen LogP contribution < -0.4 is 15.9 Å². The predicted molar refractivity (Wildman–Crippen MR) is 276 cm³/mol. The average Bonchev–Trinajstić information content (AvgIpc) is 0.693. The summed E-state index contributed by atoms with van der Waals surface area (Å²) >= 11 is 0. The zero-order valence-electron chi connectivity index (χ0n) is 55.6. The molecule has 64 heteroatoms. The summed E-state index contributed by atoms with van der Waals surface area (Å²) in [5.41, 5.74) is -2.27. The average molecular weight is 1940 g/mol. The van der Waals surface area contributed by atoms with Crippen LogP contribution >= 0.6 is 7.92 Å². The minimum atomic E-state index is -9.56. The van der Waals surface area contributed by atoms with Gasteiger partial charge in [0.1, 0.15) is 0 Å². The van der Waals surface area contributed by atoms with Crippen LogP contribution in [0, 0.1) is 0 Å². The molecule has 704 valence electrons. The summed E-state index contributed by atoms with van der Waals surface area (Å²) < 4.78 is 877. The standard InChI is InChI=1S/C57H30F63P/c58-28(59,31(64,65)34(70,71)37(76,77)40(82,83)43(88,89)46(94,95)49(100,101)52(106,107)55(112,113)114)19-1-4-22-7-13-25(14-8-22)121(26-15-9-23(10-16-26)5-2-20-29(60,61)32(66,67)35(72,73)38(78,79)41(84,85)44(90,91)47(96,97)50(102,103)53(108,109)56(115,116)117)27-17-11-24(12-18-27)6-3-21-30(62,63)33(68,69)36(74,75)39(80,81)42(86,87)45(92,93)48(98,99)51(104,105)54(110,111)57(118,119)120/h7-18H,1-6,19-21H2. The molecule has 0 spiro atoms. The SMILES string of the molecule is FC(F)(F)C(F)(F)C(F)(F)C(F)(F)C(F)(F)C(F)(F)C(F)(F)C(F)(F)C(F)(F)C(F)(F)CCCc1ccc(P(c2ccc(CCCC(F)(F)C(F)(F)C(F)(F)C(F)(F)C(F)(F)C(F)(F)C(F)(F)C(F)(F)C(F)(F)C(F)(F)F)cc2)c2ccc(CCCC(F)(F)C(F)(F)C(F)(F)C(F)(F)C(F)(F)C(F)(F)C(F)(F)C(F)(F)C(F)(F)C(F)(F)F)cc2)cc1. The van der Waals surface area contributed by atoms with Crippen LogP contribution in [0.5, 0.6) is 0 Å². The summed E-state index contributed by atoms with van der Waals surface area (Å²) in [6.07, 6.45) is -45.1. The highest BCUT2D eigenvalue weighted by molar-refractivity contribution is 7.79. The van der Waals surface area contributed by atoms with E-state index >= 15 is 0 Å². The van der Waals surface area contributed by atoms with E-state index in [4.69, 9.17) is 0 Å². The summed E-state index contributed by atoms with van der Waals surface area (Å²) in [6.45, 7) is 0. The third-order valence-electron chi connectivity index (χ3n) is 17.2. The summed E-state index contributed by atoms with van der Waals surface area (Å²) in [5, 5.41) is -1.46. The van der Waals surface area contributed by atoms with Crippen molar-refractivity contribution < 1.29 is 277 Å². The van der Waals surface area contributed by atoms with Gasteiger partial charge in [-0.1, -0.05) is 72.8 Å². The van der Waals surface area contributed by atoms with E-state index in [1.807, 2.05) is 0 Å². The highest BCUT2D eigenvalue weighted by Gasteiger charge is 3.02. The zero-order chi connectivity index (χ0) is 96.9. The monoisotopic (exact) mass is 1940 g/mol. The fourth-order valence-corrected chi connectivity index (χ4v) is 11.9. The Balaban J connectivity index is 2.15. The van der Waals surface area contributed by atoms with E-state index in [0.717, 1.165) is 0 Å². The molecule has 0 aliphatic heterocycles. The molecule has 0 N–H and O–H groups in total. The fourth-order valence-electron chi connectivity index (χ4n) is 9.67. The third kappa shape index (κ3) is 15.8. The molecule has 0 nitrogen and oxygen atoms in total. The lowest BCUT2D eigenvalue weighted by atomic mass is 9.85. The summed E-state index contributed by atoms with van der Waals surface area (Å²) in [4.78, 5) is 0. The van der Waals surface area contributed by atoms with E-state index in [2.05, 4.69) is 0 Å². The van der Waals surface area contributed by atoms with Gasteiger partial charge in [-0.3, -0.25) is 0 Å². The van der Waals surface area contributed by atoms with E-state index in [9.17, 15) is 277 Å². The molecule has 3 rings (SSSR count). The molecule has 0 unspecified atom stereocenters. The van der Waals surface area contributed by atoms with Gasteiger partial charge in [0, 0.05) is 19.3 Å². The minimum absolute atomic E-state index is 0.485. The Bertz CT molecular complexity index is 3600. The van der Waals surface area contributed by atoms with Crippen molar-refractivity contribution in [2.75, 3.05) is 0 Å². The second kappa shape index (κ2) is 31.0. The molecule has 3 aromatic rings. The van der Waals surface area contributed by atoms with Gasteiger partial charge in [0.2, 0.25) is 0 Å². The molecule has 0 saturated carbocycles. The number of alkyl halides is 63. The van der Waals surface area contributed by atoms with Crippen molar-refractivity contribution in [3.05, 3.63) is 89.5 Å². The molecule has 0 aliphatic rings. The van der Waals surface area contributed by atoms with Crippen LogP contribution in [0.1, 0.15) is 55.2 Å². The molecule has 0 fully saturated rings. The molecular weight excluding hydrogens is 1910 g/mol. The molecular formula is C57H30F63P. The van der Waals surface area contributed by atoms with Crippen molar-refractivity contribution in [2.45, 2.75) is 236 Å². The molecule has 121 heavy (non-hydrogen) atoms. The van der Waals surface area contributed by atoms with Gasteiger partial charge in [0.25, 0.3) is 0 Å². The number of aryl methyl sites for hydroxylation is 3. The van der Waals surface area contributed by atoms with Crippen LogP contribution in [0.4, 0.5) is 277 Å². The molecule has 0 aromatic heterocycles. The maximum Gasteiger partial charge on any atom is 0.460 e. The molecule has 0 aliphatic carbocycles. The molecule has 0 saturated heterocycles. The Kier molecular flexibility index (Phi) is 27.9. The first-order chi connectivity index (χ1) is 52.4. The summed E-state index contributed by atoms with van der Waals surface area (Å²) in [7, 11) is -2.82. The van der Waals surface area contributed by atoms with E-state index < -0.39 is 277 Å². The Morgan fingerprint density at radius 3 is 0.364 bits per heavy atom. The number of halogens is 63. The summed E-state index contributed by atoms with van der Waals surface area (Å²) in [6, 6.07) is 6.46. The van der Waals surface area contributed by atoms with E-state index in [1.165, 1.54) is 0 Å². The fraction of sp³-hybridized carbons (Fsp3) is 0.684. The first kappa shape index (κ1) is 109. The van der Waals surface area contributed by atoms with Crippen LogP contribution in [0.3, 0.4) is 0 Å². The third-order valence-corrected chi connectivity index (χ3v) is 19.6. The van der Waals surface area contributed by atoms with Crippen LogP contribution in [-0.4, -0.2) is 178 Å². The van der Waals surface area contributed by atoms with E-state index in [0.29, 0.717) is 72.8 Å². The second-order valence-electron chi connectivity index (χ2n) is 25.3. The molecule has 3 aromatic carbocycles. The van der Waals surface area contributed by atoms with E-state index in [-0.39, 0.29) is 0 Å². The number of benzene rings is 3. The van der Waals surface area contributed by atoms with E-state index in [1.54, 1.807) is 0 Å². The van der Waals surface area contributed by atoms with Crippen LogP contribution in [0.2, 0.25) is 0 Å². The highest BCUT2D eigenvalue weighted by atomic mass is 31.1. The minimum Gasteiger partial charge on any atom is -0.200 e. The first-order valence-corrected chi connectivity index (χ1v) is 31.3. The van der Waals surface area contributed by atoms with Gasteiger partial charge >= 0.3 is 178 Å². The van der Waals surface area contributed by atoms with Gasteiger partial charge in [0.05, 0.1) is 0 Å². The number of rotatable bonds is 39. The van der Waals surface area contributed by atoms with Crippen LogP contribution in [0.25, 0.3) is 0 Å². The van der Waals surface area contributed by atoms with Gasteiger partial charge in [0.15, 0.2) is 0 Å². The van der Waals surface area contributed by atoms with Gasteiger partial charge in [-0.25, -0.2) is 0 Å². The lowest BCUT2D eigenvalue weighted by Gasteiger charge is -2.44. The van der Waals surface area contributed by atoms with Crippen molar-refractivity contribution in [1.82, 2.24) is 0 Å². The van der Waals surface area contributed by atoms with Crippen molar-refractivity contribution in [3.63, 3.8) is 0 Å². The number of hydrogen-bond donors (Lipinski definition) is 0. The molecule has 0 atom stereocenters. The lowest BCUT2D eigenvalue weighted by Crippen LogP contribution is -2.76. The Hall–Kier alpha value is -6.32. The van der Waals surface area contributed by atoms with Crippen LogP contribution in [0.15, 0.2) is 72.8 Å². The smallest absolute Gasteiger partial charge is 0.200 e. The Morgan fingerprint density at radius 2 is 0.248 bits per heavy atom. The molecule has 0 heterocycles. The van der Waals surface area contributed by atoms with Crippen molar-refractivity contribution in [1.29, 1.82) is 0 Å². The van der Waals surface area contributed by atoms with Gasteiger partial charge in [-0.15, -0.1) is 0 Å². The first-order valence-electron chi connectivity index (χ1n) is 29.9. The molecule has 0 bridgehead atoms. The largest absolute Gasteiger partial charge is 0.460 e. The van der Waals surface area contributed by atoms with Gasteiger partial charge in [-0.2, -0.15) is 277 Å². The second-order valence-corrected chi connectivity index (χ2v) is 27.5. The Labute approximate surface area is 626 Å². The Morgan fingerprint density at radius 1 is 0.140 bits per heavy atom. The van der Waals surface area contributed by atoms with Crippen molar-refractivity contribution in [3.8, 4) is 0 Å². The maximum atomic E-state index is 14.8. The highest BCUT2D eigenvalue weighted by Crippen LogP contribution is 2.72. The molecule has 0 amide bonds. The molecule has 0 radical (unpaired) electrons. The van der Waals surface area contributed by atoms with Crippen molar-refractivity contribution in [2.24, 2.45) is 0 Å². The maximum absolute atomic E-state index is 14.8. The van der Waals surface area contributed by atoms with Gasteiger partial charge in [-0.05, 0) is 79.1 Å². The predicted octanol–water partition coefficient (Wildman–Crippen LogP) is 26.3.